The van der Waals surface area contributed by atoms with Crippen molar-refractivity contribution >= 4 is 17.3 Å². The van der Waals surface area contributed by atoms with Crippen LogP contribution in [0.25, 0.3) is 0 Å². The molecule has 0 radical (unpaired) electrons. The molecule has 0 heterocycles. The van der Waals surface area contributed by atoms with Gasteiger partial charge in [-0.15, -0.1) is 0 Å². The van der Waals surface area contributed by atoms with Crippen LogP contribution in [0.15, 0.2) is 18.2 Å². The van der Waals surface area contributed by atoms with E-state index in [0.717, 1.165) is 0 Å². The van der Waals surface area contributed by atoms with Crippen molar-refractivity contribution in [3.8, 4) is 5.75 Å². The predicted molar refractivity (Wildman–Crippen MR) is 87.6 cm³/mol. The second kappa shape index (κ2) is 7.31. The minimum Gasteiger partial charge on any atom is -0.494 e. The number of hydrogen-bond acceptors (Lipinski definition) is 4. The first kappa shape index (κ1) is 17.3. The van der Waals surface area contributed by atoms with Gasteiger partial charge in [-0.2, -0.15) is 0 Å². The van der Waals surface area contributed by atoms with Crippen molar-refractivity contribution in [2.45, 2.75) is 39.8 Å². The van der Waals surface area contributed by atoms with E-state index in [1.54, 1.807) is 25.3 Å². The summed E-state index contributed by atoms with van der Waals surface area (Å²) in [6.07, 6.45) is 0. The molecule has 5 nitrogen and oxygen atoms in total. The average molecular weight is 293 g/mol. The second-order valence-electron chi connectivity index (χ2n) is 5.78. The molecular weight excluding hydrogens is 266 g/mol. The van der Waals surface area contributed by atoms with E-state index in [2.05, 4.69) is 31.0 Å². The molecule has 0 saturated carbocycles. The van der Waals surface area contributed by atoms with Crippen molar-refractivity contribution in [2.75, 3.05) is 25.2 Å². The molecular formula is C16H27N3O2. The Kier molecular flexibility index (Phi) is 6.03. The monoisotopic (exact) mass is 293 g/mol. The molecule has 1 aromatic rings. The van der Waals surface area contributed by atoms with E-state index >= 15 is 0 Å². The Balaban J connectivity index is 2.81. The van der Waals surface area contributed by atoms with Crippen molar-refractivity contribution in [1.29, 1.82) is 0 Å². The van der Waals surface area contributed by atoms with Gasteiger partial charge in [-0.1, -0.05) is 13.8 Å². The lowest BCUT2D eigenvalue weighted by atomic mass is 10.0. The summed E-state index contributed by atoms with van der Waals surface area (Å²) in [5.41, 5.74) is 6.95. The van der Waals surface area contributed by atoms with Crippen LogP contribution in [0.1, 0.15) is 27.7 Å². The van der Waals surface area contributed by atoms with Crippen LogP contribution in [0.2, 0.25) is 0 Å². The fourth-order valence-corrected chi connectivity index (χ4v) is 2.06. The summed E-state index contributed by atoms with van der Waals surface area (Å²) in [4.78, 5) is 14.5. The number of carbonyl (C=O) groups excluding carboxylic acids is 1. The van der Waals surface area contributed by atoms with Gasteiger partial charge in [0.15, 0.2) is 0 Å². The molecule has 0 fully saturated rings. The van der Waals surface area contributed by atoms with Gasteiger partial charge in [-0.25, -0.2) is 0 Å². The highest BCUT2D eigenvalue weighted by atomic mass is 16.5. The number of nitrogens with two attached hydrogens (primary N) is 1. The van der Waals surface area contributed by atoms with Gasteiger partial charge < -0.3 is 15.8 Å². The van der Waals surface area contributed by atoms with E-state index in [9.17, 15) is 4.79 Å². The number of carbonyl (C=O) groups is 1. The van der Waals surface area contributed by atoms with Crippen LogP contribution >= 0.6 is 0 Å². The maximum absolute atomic E-state index is 12.4. The summed E-state index contributed by atoms with van der Waals surface area (Å²) in [6.45, 7) is 8.32. The van der Waals surface area contributed by atoms with E-state index in [1.165, 1.54) is 0 Å². The van der Waals surface area contributed by atoms with Crippen LogP contribution < -0.4 is 15.8 Å². The molecule has 0 bridgehead atoms. The van der Waals surface area contributed by atoms with Gasteiger partial charge in [0.05, 0.1) is 18.8 Å². The van der Waals surface area contributed by atoms with Crippen LogP contribution in [0.5, 0.6) is 5.75 Å². The lowest BCUT2D eigenvalue weighted by Gasteiger charge is -2.32. The molecule has 0 saturated heterocycles. The van der Waals surface area contributed by atoms with Crippen LogP contribution in [0.4, 0.5) is 11.4 Å². The number of nitrogens with one attached hydrogen (secondary N) is 1. The second-order valence-corrected chi connectivity index (χ2v) is 5.78. The third kappa shape index (κ3) is 4.36. The van der Waals surface area contributed by atoms with Gasteiger partial charge in [-0.3, -0.25) is 9.69 Å². The van der Waals surface area contributed by atoms with Gasteiger partial charge >= 0.3 is 0 Å². The number of ether oxygens (including phenoxy) is 1. The normalized spacial score (nSPS) is 14.1. The number of hydrogen-bond donors (Lipinski definition) is 2. The lowest BCUT2D eigenvalue weighted by molar-refractivity contribution is -0.121. The third-order valence-electron chi connectivity index (χ3n) is 4.08. The number of nitrogen functional groups attached to an aromatic ring is 1. The first-order valence-electron chi connectivity index (χ1n) is 7.24. The van der Waals surface area contributed by atoms with Crippen molar-refractivity contribution < 1.29 is 9.53 Å². The van der Waals surface area contributed by atoms with Gasteiger partial charge in [-0.05, 0) is 38.9 Å². The summed E-state index contributed by atoms with van der Waals surface area (Å²) in [7, 11) is 3.52. The number of benzene rings is 1. The molecule has 1 amide bonds. The average Bonchev–Trinajstić information content (AvgIpc) is 2.46. The Morgan fingerprint density at radius 1 is 1.29 bits per heavy atom. The van der Waals surface area contributed by atoms with Crippen molar-refractivity contribution in [3.63, 3.8) is 0 Å². The Labute approximate surface area is 127 Å². The molecule has 0 aromatic heterocycles. The molecule has 0 aliphatic rings. The molecule has 5 heteroatoms. The summed E-state index contributed by atoms with van der Waals surface area (Å²) in [6, 6.07) is 5.28. The van der Waals surface area contributed by atoms with Crippen LogP contribution in [-0.4, -0.2) is 37.0 Å². The molecule has 1 aromatic carbocycles. The molecule has 1 rings (SSSR count). The van der Waals surface area contributed by atoms with Gasteiger partial charge in [0.25, 0.3) is 0 Å². The molecule has 3 N–H and O–H groups in total. The SMILES string of the molecule is COc1cc(N)ccc1NC(=O)C(C)N(C)C(C)C(C)C. The Hall–Kier alpha value is -1.75. The molecule has 21 heavy (non-hydrogen) atoms. The van der Waals surface area contributed by atoms with E-state index < -0.39 is 0 Å². The number of amides is 1. The summed E-state index contributed by atoms with van der Waals surface area (Å²) in [5.74, 6) is 0.986. The number of methoxy groups -OCH3 is 1. The van der Waals surface area contributed by atoms with Crippen molar-refractivity contribution in [2.24, 2.45) is 5.92 Å². The zero-order valence-electron chi connectivity index (χ0n) is 13.8. The van der Waals surface area contributed by atoms with Crippen molar-refractivity contribution in [3.05, 3.63) is 18.2 Å². The quantitative estimate of drug-likeness (QED) is 0.791. The summed E-state index contributed by atoms with van der Waals surface area (Å²) in [5, 5.41) is 2.90. The number of nitrogens with zero attached hydrogens (tertiary/aromatic N) is 1. The first-order chi connectivity index (χ1) is 9.77. The maximum atomic E-state index is 12.4. The highest BCUT2D eigenvalue weighted by Crippen LogP contribution is 2.27. The zero-order valence-corrected chi connectivity index (χ0v) is 13.8. The highest BCUT2D eigenvalue weighted by molar-refractivity contribution is 5.96. The Morgan fingerprint density at radius 3 is 2.43 bits per heavy atom. The first-order valence-corrected chi connectivity index (χ1v) is 7.24. The molecule has 0 spiro atoms. The van der Waals surface area contributed by atoms with E-state index in [-0.39, 0.29) is 11.9 Å². The van der Waals surface area contributed by atoms with E-state index in [1.807, 2.05) is 14.0 Å². The Morgan fingerprint density at radius 2 is 1.90 bits per heavy atom. The minimum absolute atomic E-state index is 0.0620. The summed E-state index contributed by atoms with van der Waals surface area (Å²) < 4.78 is 5.24. The molecule has 0 aliphatic carbocycles. The molecule has 2 unspecified atom stereocenters. The molecule has 2 atom stereocenters. The van der Waals surface area contributed by atoms with Crippen LogP contribution in [-0.2, 0) is 4.79 Å². The highest BCUT2D eigenvalue weighted by Gasteiger charge is 2.24. The maximum Gasteiger partial charge on any atom is 0.241 e. The topological polar surface area (TPSA) is 67.6 Å². The number of anilines is 2. The van der Waals surface area contributed by atoms with Crippen molar-refractivity contribution in [1.82, 2.24) is 4.90 Å². The largest absolute Gasteiger partial charge is 0.494 e. The number of likely N-dealkylation sites (N-methyl/N-ethyl adjacent to an activating group) is 1. The van der Waals surface area contributed by atoms with Gasteiger partial charge in [0.1, 0.15) is 5.75 Å². The molecule has 0 aliphatic heterocycles. The van der Waals surface area contributed by atoms with Crippen LogP contribution in [0.3, 0.4) is 0 Å². The Bertz CT molecular complexity index is 488. The lowest BCUT2D eigenvalue weighted by Crippen LogP contribution is -2.46. The van der Waals surface area contributed by atoms with Gasteiger partial charge in [0.2, 0.25) is 5.91 Å². The minimum atomic E-state index is -0.232. The third-order valence-corrected chi connectivity index (χ3v) is 4.08. The molecule has 118 valence electrons. The fourth-order valence-electron chi connectivity index (χ4n) is 2.06. The van der Waals surface area contributed by atoms with Gasteiger partial charge in [0, 0.05) is 17.8 Å². The summed E-state index contributed by atoms with van der Waals surface area (Å²) >= 11 is 0. The zero-order chi connectivity index (χ0) is 16.2. The fraction of sp³-hybridized carbons (Fsp3) is 0.562. The predicted octanol–water partition coefficient (Wildman–Crippen LogP) is 2.58. The van der Waals surface area contributed by atoms with E-state index in [0.29, 0.717) is 29.1 Å². The van der Waals surface area contributed by atoms with E-state index in [4.69, 9.17) is 10.5 Å². The smallest absolute Gasteiger partial charge is 0.241 e. The number of rotatable bonds is 6. The standard InChI is InChI=1S/C16H27N3O2/c1-10(2)11(3)19(5)12(4)16(20)18-14-8-7-13(17)9-15(14)21-6/h7-12H,17H2,1-6H3,(H,18,20). The van der Waals surface area contributed by atoms with Crippen LogP contribution in [0, 0.1) is 5.92 Å².